The highest BCUT2D eigenvalue weighted by Gasteiger charge is 2.42. The molecule has 2 unspecified atom stereocenters. The molecule has 0 bridgehead atoms. The monoisotopic (exact) mass is 285 g/mol. The molecule has 0 aromatic heterocycles. The van der Waals surface area contributed by atoms with E-state index in [1.165, 1.54) is 0 Å². The predicted molar refractivity (Wildman–Crippen MR) is 60.5 cm³/mol. The Morgan fingerprint density at radius 1 is 1.37 bits per heavy atom. The number of esters is 1. The standard InChI is InChI=1S/C9H14F3NO2.C2H4O2/c1-2-15-8(14)6-3-4-7(13-5-6)9(10,11)12;1-2(3)4/h6-7,13H,2-5H2,1H3;1H3,(H,3,4). The minimum absolute atomic E-state index is 0.0447. The van der Waals surface area contributed by atoms with Crippen molar-refractivity contribution in [1.82, 2.24) is 5.32 Å². The zero-order valence-electron chi connectivity index (χ0n) is 10.8. The van der Waals surface area contributed by atoms with Gasteiger partial charge in [-0.1, -0.05) is 0 Å². The van der Waals surface area contributed by atoms with E-state index in [1.807, 2.05) is 0 Å². The average Bonchev–Trinajstić information content (AvgIpc) is 2.27. The highest BCUT2D eigenvalue weighted by molar-refractivity contribution is 5.72. The van der Waals surface area contributed by atoms with Crippen LogP contribution in [0, 0.1) is 5.92 Å². The first-order chi connectivity index (χ1) is 8.68. The summed E-state index contributed by atoms with van der Waals surface area (Å²) in [5.74, 6) is -1.69. The Hall–Kier alpha value is -1.31. The Morgan fingerprint density at radius 2 is 1.89 bits per heavy atom. The van der Waals surface area contributed by atoms with Crippen LogP contribution in [0.1, 0.15) is 26.7 Å². The van der Waals surface area contributed by atoms with Crippen LogP contribution in [0.3, 0.4) is 0 Å². The molecule has 0 aromatic carbocycles. The van der Waals surface area contributed by atoms with Crippen LogP contribution in [0.4, 0.5) is 13.2 Å². The van der Waals surface area contributed by atoms with E-state index in [9.17, 15) is 18.0 Å². The fourth-order valence-electron chi connectivity index (χ4n) is 1.60. The summed E-state index contributed by atoms with van der Waals surface area (Å²) in [7, 11) is 0. The number of aliphatic carboxylic acids is 1. The Labute approximate surface area is 109 Å². The predicted octanol–water partition coefficient (Wildman–Crippen LogP) is 1.57. The van der Waals surface area contributed by atoms with Gasteiger partial charge in [0.15, 0.2) is 0 Å². The van der Waals surface area contributed by atoms with Crippen LogP contribution in [0.2, 0.25) is 0 Å². The number of hydrogen-bond acceptors (Lipinski definition) is 4. The van der Waals surface area contributed by atoms with Crippen LogP contribution in [0.5, 0.6) is 0 Å². The van der Waals surface area contributed by atoms with Crippen molar-refractivity contribution in [2.24, 2.45) is 5.92 Å². The van der Waals surface area contributed by atoms with Crippen molar-refractivity contribution in [3.8, 4) is 0 Å². The van der Waals surface area contributed by atoms with Gasteiger partial charge >= 0.3 is 12.1 Å². The van der Waals surface area contributed by atoms with Crippen LogP contribution >= 0.6 is 0 Å². The number of alkyl halides is 3. The van der Waals surface area contributed by atoms with E-state index < -0.39 is 30.1 Å². The van der Waals surface area contributed by atoms with E-state index in [4.69, 9.17) is 14.6 Å². The Bertz CT molecular complexity index is 295. The van der Waals surface area contributed by atoms with Crippen molar-refractivity contribution < 1.29 is 32.6 Å². The summed E-state index contributed by atoms with van der Waals surface area (Å²) >= 11 is 0. The second kappa shape index (κ2) is 7.98. The lowest BCUT2D eigenvalue weighted by Crippen LogP contribution is -2.49. The van der Waals surface area contributed by atoms with E-state index in [0.29, 0.717) is 0 Å². The topological polar surface area (TPSA) is 75.6 Å². The van der Waals surface area contributed by atoms with Crippen molar-refractivity contribution >= 4 is 11.9 Å². The first kappa shape index (κ1) is 17.7. The van der Waals surface area contributed by atoms with Gasteiger partial charge in [0.25, 0.3) is 5.97 Å². The Balaban J connectivity index is 0.000000711. The molecule has 0 spiro atoms. The zero-order valence-corrected chi connectivity index (χ0v) is 10.8. The second-order valence-corrected chi connectivity index (χ2v) is 4.05. The molecule has 0 aromatic rings. The van der Waals surface area contributed by atoms with E-state index >= 15 is 0 Å². The molecule has 0 saturated carbocycles. The maximum Gasteiger partial charge on any atom is 0.403 e. The van der Waals surface area contributed by atoms with Gasteiger partial charge in [-0.3, -0.25) is 9.59 Å². The quantitative estimate of drug-likeness (QED) is 0.753. The van der Waals surface area contributed by atoms with Crippen LogP contribution in [-0.4, -0.2) is 42.4 Å². The van der Waals surface area contributed by atoms with Gasteiger partial charge in [-0.15, -0.1) is 0 Å². The molecule has 2 N–H and O–H groups in total. The molecule has 1 aliphatic heterocycles. The van der Waals surface area contributed by atoms with Crippen LogP contribution in [-0.2, 0) is 14.3 Å². The Morgan fingerprint density at radius 3 is 2.21 bits per heavy atom. The first-order valence-electron chi connectivity index (χ1n) is 5.84. The molecule has 5 nitrogen and oxygen atoms in total. The number of hydrogen-bond donors (Lipinski definition) is 2. The van der Waals surface area contributed by atoms with Crippen LogP contribution in [0.15, 0.2) is 0 Å². The van der Waals surface area contributed by atoms with E-state index in [1.54, 1.807) is 6.92 Å². The average molecular weight is 285 g/mol. The van der Waals surface area contributed by atoms with Crippen molar-refractivity contribution in [1.29, 1.82) is 0 Å². The molecule has 0 radical (unpaired) electrons. The van der Waals surface area contributed by atoms with Crippen molar-refractivity contribution in [2.75, 3.05) is 13.2 Å². The number of carboxylic acid groups (broad SMARTS) is 1. The SMILES string of the molecule is CC(=O)O.CCOC(=O)C1CCC(C(F)(F)F)NC1. The molecular formula is C11H18F3NO4. The van der Waals surface area contributed by atoms with Gasteiger partial charge < -0.3 is 15.2 Å². The third kappa shape index (κ3) is 7.66. The number of piperidine rings is 1. The summed E-state index contributed by atoms with van der Waals surface area (Å²) in [5, 5.41) is 9.74. The minimum Gasteiger partial charge on any atom is -0.481 e. The maximum absolute atomic E-state index is 12.2. The zero-order chi connectivity index (χ0) is 15.1. The molecule has 8 heteroatoms. The third-order valence-electron chi connectivity index (χ3n) is 2.43. The molecule has 2 atom stereocenters. The summed E-state index contributed by atoms with van der Waals surface area (Å²) in [6.07, 6.45) is -4.05. The van der Waals surface area contributed by atoms with Crippen molar-refractivity contribution in [2.45, 2.75) is 38.9 Å². The summed E-state index contributed by atoms with van der Waals surface area (Å²) in [4.78, 5) is 20.2. The van der Waals surface area contributed by atoms with E-state index in [0.717, 1.165) is 6.92 Å². The molecule has 1 fully saturated rings. The van der Waals surface area contributed by atoms with Gasteiger partial charge in [0.2, 0.25) is 0 Å². The highest BCUT2D eigenvalue weighted by Crippen LogP contribution is 2.28. The number of carbonyl (C=O) groups is 2. The number of halogens is 3. The lowest BCUT2D eigenvalue weighted by molar-refractivity contribution is -0.167. The molecule has 1 rings (SSSR count). The second-order valence-electron chi connectivity index (χ2n) is 4.05. The molecule has 0 aliphatic carbocycles. The maximum atomic E-state index is 12.2. The molecule has 19 heavy (non-hydrogen) atoms. The molecule has 0 amide bonds. The fraction of sp³-hybridized carbons (Fsp3) is 0.818. The van der Waals surface area contributed by atoms with Crippen molar-refractivity contribution in [3.05, 3.63) is 0 Å². The lowest BCUT2D eigenvalue weighted by Gasteiger charge is -2.29. The summed E-state index contributed by atoms with van der Waals surface area (Å²) in [6, 6.07) is -1.48. The number of nitrogens with one attached hydrogen (secondary N) is 1. The smallest absolute Gasteiger partial charge is 0.403 e. The normalized spacial score (nSPS) is 23.0. The molecule has 1 aliphatic rings. The number of rotatable bonds is 2. The summed E-state index contributed by atoms with van der Waals surface area (Å²) in [5.41, 5.74) is 0. The Kier molecular flexibility index (Phi) is 7.43. The van der Waals surface area contributed by atoms with Gasteiger partial charge in [-0.25, -0.2) is 0 Å². The number of carbonyl (C=O) groups excluding carboxylic acids is 1. The van der Waals surface area contributed by atoms with Crippen LogP contribution < -0.4 is 5.32 Å². The summed E-state index contributed by atoms with van der Waals surface area (Å²) in [6.45, 7) is 3.06. The lowest BCUT2D eigenvalue weighted by atomic mass is 9.94. The van der Waals surface area contributed by atoms with Crippen molar-refractivity contribution in [3.63, 3.8) is 0 Å². The van der Waals surface area contributed by atoms with Gasteiger partial charge in [-0.05, 0) is 19.8 Å². The molecule has 1 heterocycles. The van der Waals surface area contributed by atoms with Gasteiger partial charge in [-0.2, -0.15) is 13.2 Å². The highest BCUT2D eigenvalue weighted by atomic mass is 19.4. The fourth-order valence-corrected chi connectivity index (χ4v) is 1.60. The van der Waals surface area contributed by atoms with E-state index in [2.05, 4.69) is 5.32 Å². The van der Waals surface area contributed by atoms with Gasteiger partial charge in [0.05, 0.1) is 12.5 Å². The summed E-state index contributed by atoms with van der Waals surface area (Å²) < 4.78 is 41.5. The van der Waals surface area contributed by atoms with Gasteiger partial charge in [0.1, 0.15) is 6.04 Å². The number of ether oxygens (including phenoxy) is 1. The minimum atomic E-state index is -4.22. The first-order valence-corrected chi connectivity index (χ1v) is 5.84. The molecule has 1 saturated heterocycles. The largest absolute Gasteiger partial charge is 0.481 e. The number of carboxylic acids is 1. The van der Waals surface area contributed by atoms with Crippen LogP contribution in [0.25, 0.3) is 0 Å². The third-order valence-corrected chi connectivity index (χ3v) is 2.43. The van der Waals surface area contributed by atoms with E-state index in [-0.39, 0.29) is 26.0 Å². The molecule has 112 valence electrons. The molecular weight excluding hydrogens is 267 g/mol. The van der Waals surface area contributed by atoms with Gasteiger partial charge in [0, 0.05) is 13.5 Å².